The molecule has 0 N–H and O–H groups in total. The molecular formula is C71H83F6N9O28S9. The third-order valence-electron chi connectivity index (χ3n) is 20.4. The van der Waals surface area contributed by atoms with Gasteiger partial charge in [-0.25, -0.2) is 50.5 Å². The van der Waals surface area contributed by atoms with Crippen LogP contribution < -0.4 is 0 Å². The Balaban J connectivity index is 0.000000230. The van der Waals surface area contributed by atoms with Gasteiger partial charge in [-0.3, -0.25) is 37.7 Å². The quantitative estimate of drug-likeness (QED) is 0.0237. The number of Topliss-reactive ketones (excluding diaryl/α,β-unsaturated/α-hetero) is 1. The lowest BCUT2D eigenvalue weighted by atomic mass is 9.69. The molecule has 0 aromatic heterocycles. The highest BCUT2D eigenvalue weighted by Gasteiger charge is 2.65. The summed E-state index contributed by atoms with van der Waals surface area (Å²) in [6.45, 7) is 16.8. The highest BCUT2D eigenvalue weighted by molar-refractivity contribution is 8.32. The molecule has 7 aliphatic rings. The van der Waals surface area contributed by atoms with E-state index in [4.69, 9.17) is 19.5 Å². The predicted octanol–water partition coefficient (Wildman–Crippen LogP) is 8.94. The highest BCUT2D eigenvalue weighted by Crippen LogP contribution is 2.64. The molecule has 6 fully saturated rings. The van der Waals surface area contributed by atoms with Gasteiger partial charge >= 0.3 is 59.9 Å². The van der Waals surface area contributed by atoms with Crippen molar-refractivity contribution in [3.05, 3.63) is 146 Å². The van der Waals surface area contributed by atoms with Gasteiger partial charge in [0.25, 0.3) is 94.5 Å². The maximum Gasteiger partial charge on any atom is 0.537 e. The van der Waals surface area contributed by atoms with Crippen molar-refractivity contribution in [1.29, 1.82) is 0 Å². The number of hydrogen-bond acceptors (Lipinski definition) is 28. The molecule has 3 heterocycles. The second-order valence-corrected chi connectivity index (χ2v) is 43.7. The third-order valence-corrected chi connectivity index (χ3v) is 36.1. The molecule has 2 saturated heterocycles. The number of carbonyl (C=O) groups is 7. The van der Waals surface area contributed by atoms with Gasteiger partial charge in [0.1, 0.15) is 5.78 Å². The Hall–Kier alpha value is -8.66. The van der Waals surface area contributed by atoms with E-state index in [-0.39, 0.29) is 84.3 Å². The van der Waals surface area contributed by atoms with Crippen molar-refractivity contribution in [3.8, 4) is 0 Å². The highest BCUT2D eigenvalue weighted by atomic mass is 32.3. The van der Waals surface area contributed by atoms with Crippen LogP contribution in [0, 0.1) is 58.3 Å². The average Bonchev–Trinajstić information content (AvgIpc) is 1.74. The number of amides is 6. The topological polar surface area (TPSA) is 550 Å². The Bertz CT molecular complexity index is 5540. The maximum atomic E-state index is 12.8. The van der Waals surface area contributed by atoms with Gasteiger partial charge in [0, 0.05) is 43.3 Å². The first-order valence-corrected chi connectivity index (χ1v) is 48.5. The molecule has 4 aliphatic carbocycles. The van der Waals surface area contributed by atoms with Crippen LogP contribution in [0.4, 0.5) is 26.3 Å². The van der Waals surface area contributed by atoms with Gasteiger partial charge in [-0.1, -0.05) is 123 Å². The first-order chi connectivity index (χ1) is 56.8. The van der Waals surface area contributed by atoms with Crippen LogP contribution in [-0.4, -0.2) is 177 Å². The van der Waals surface area contributed by atoms with Crippen LogP contribution in [0.2, 0.25) is 0 Å². The summed E-state index contributed by atoms with van der Waals surface area (Å²) in [4.78, 5) is 86.2. The summed E-state index contributed by atoms with van der Waals surface area (Å²) in [6.07, 6.45) is -1.66. The van der Waals surface area contributed by atoms with E-state index >= 15 is 0 Å². The number of rotatable bonds is 17. The van der Waals surface area contributed by atoms with Crippen molar-refractivity contribution in [2.75, 3.05) is 6.61 Å². The largest absolute Gasteiger partial charge is 0.537 e. The molecule has 0 spiro atoms. The molecular weight excluding hydrogens is 1830 g/mol. The SMILES string of the molecule is CC1(C)C2CCC1(COS(=O)ON1C(=O)CCC1=O)C(=O)C2.CC1=C(C)C(=O)N(OS(=O)OC(F)(F)F)C1=O.Cc1ccc(S(=O)(=O)C(=[N+]=[N-])S(=O)(=O)c2ccc(C)cc2)cc1.Cc1ccc(S(=O)(=O)C(=[N+]=[N-])S(=O)(=O)c2ccc(C)cc2C)c(C)c1.O=C1CCC(=O)N1OS(=O)OC(F)(F)F.[N-]=[N+]=C(S(=O)(=O)C1CCCCC1)S(=O)(=O)C1CCCCC1. The van der Waals surface area contributed by atoms with Gasteiger partial charge in [0.15, 0.2) is 0 Å². The van der Waals surface area contributed by atoms with Gasteiger partial charge in [0.05, 0.1) is 42.1 Å². The van der Waals surface area contributed by atoms with Crippen LogP contribution in [-0.2, 0) is 152 Å². The maximum absolute atomic E-state index is 12.8. The second kappa shape index (κ2) is 41.6. The minimum Gasteiger partial charge on any atom is -0.359 e. The molecule has 5 atom stereocenters. The number of imide groups is 3. The number of alkyl halides is 6. The van der Waals surface area contributed by atoms with E-state index in [1.807, 2.05) is 13.8 Å². The zero-order chi connectivity index (χ0) is 92.9. The first kappa shape index (κ1) is 103. The molecule has 0 radical (unpaired) electrons. The average molecular weight is 1910 g/mol. The molecule has 676 valence electrons. The molecule has 5 unspecified atom stereocenters. The molecule has 123 heavy (non-hydrogen) atoms. The summed E-state index contributed by atoms with van der Waals surface area (Å²) in [7, 11) is -26.1. The van der Waals surface area contributed by atoms with Crippen LogP contribution in [0.5, 0.6) is 0 Å². The number of benzene rings is 4. The van der Waals surface area contributed by atoms with Crippen LogP contribution >= 0.6 is 0 Å². The zero-order valence-corrected chi connectivity index (χ0v) is 74.3. The Morgan fingerprint density at radius 2 is 0.756 bits per heavy atom. The lowest BCUT2D eigenvalue weighted by molar-refractivity contribution is -0.276. The van der Waals surface area contributed by atoms with Crippen molar-refractivity contribution < 1.29 is 163 Å². The van der Waals surface area contributed by atoms with Crippen LogP contribution in [0.3, 0.4) is 0 Å². The molecule has 3 aliphatic heterocycles. The monoisotopic (exact) mass is 1910 g/mol. The number of halogens is 6. The molecule has 6 amide bonds. The Morgan fingerprint density at radius 3 is 1.06 bits per heavy atom. The zero-order valence-electron chi connectivity index (χ0n) is 66.9. The van der Waals surface area contributed by atoms with Crippen molar-refractivity contribution in [2.45, 2.75) is 221 Å². The van der Waals surface area contributed by atoms with E-state index in [1.165, 1.54) is 74.5 Å². The molecule has 4 saturated carbocycles. The number of carbonyl (C=O) groups excluding carboxylic acids is 7. The number of sulfone groups is 6. The smallest absolute Gasteiger partial charge is 0.359 e. The lowest BCUT2D eigenvalue weighted by Crippen LogP contribution is -2.41. The number of nitrogens with zero attached hydrogens (tertiary/aromatic N) is 9. The standard InChI is InChI=1S/C17H18N2O4S2.C15H14N2O4S2.C14H19NO6S.C13H22N2O4S2.C7H6F3NO5S.C5H4F3NO5S/c1-11-5-7-15(13(3)9-11)24(20,21)17(19-18)25(22,23)16-8-6-12(2)10-14(16)4;1-11-3-7-13(8-4-11)22(18,19)15(17-16)23(20,21)14-9-5-12(2)6-10-14;1-13(2)9-5-6-14(13,10(16)7-9)8-20-22(19)21-15-11(17)3-4-12(15)18;14-15-13(20(16,17)11-7-3-1-4-8-11)21(18,19)12-9-5-2-6-10-12;1-3-4(2)6(13)11(5(3)12)16-17(14)15-7(8,9)10;6-5(7,8)13-15(12)14-9-3(10)1-2-4(9)11/h5-10H,1-4H3;3-10H,1-2H3;9H,3-8H2,1-2H3;11-12H,1-10H2;1-2H3;1-2H2. The number of hydrogen-bond donors (Lipinski definition) is 0. The Morgan fingerprint density at radius 1 is 0.439 bits per heavy atom. The summed E-state index contributed by atoms with van der Waals surface area (Å²) in [5.41, 5.74) is 30.6. The molecule has 4 aromatic carbocycles. The Kier molecular flexibility index (Phi) is 34.9. The molecule has 2 bridgehead atoms. The van der Waals surface area contributed by atoms with Crippen LogP contribution in [0.15, 0.2) is 116 Å². The van der Waals surface area contributed by atoms with Gasteiger partial charge in [-0.2, -0.15) is 21.0 Å². The molecule has 37 nitrogen and oxygen atoms in total. The lowest BCUT2D eigenvalue weighted by Gasteiger charge is -2.35. The predicted molar refractivity (Wildman–Crippen MR) is 419 cm³/mol. The fourth-order valence-electron chi connectivity index (χ4n) is 13.6. The number of fused-ring (bicyclic) bond motifs is 2. The number of ketones is 1. The summed E-state index contributed by atoms with van der Waals surface area (Å²) >= 11 is -8.85. The van der Waals surface area contributed by atoms with Crippen molar-refractivity contribution in [1.82, 2.24) is 15.2 Å². The van der Waals surface area contributed by atoms with Gasteiger partial charge in [0.2, 0.25) is 0 Å². The van der Waals surface area contributed by atoms with Crippen molar-refractivity contribution in [2.24, 2.45) is 16.7 Å². The van der Waals surface area contributed by atoms with Crippen molar-refractivity contribution in [3.63, 3.8) is 0 Å². The Labute approximate surface area is 711 Å². The number of aryl methyl sites for hydroxylation is 6. The number of hydroxylamine groups is 6. The molecule has 4 aromatic rings. The molecule has 11 rings (SSSR count). The first-order valence-electron chi connectivity index (χ1n) is 36.5. The van der Waals surface area contributed by atoms with Crippen molar-refractivity contribution >= 4 is 147 Å². The van der Waals surface area contributed by atoms with Crippen LogP contribution in [0.1, 0.15) is 170 Å². The summed E-state index contributed by atoms with van der Waals surface area (Å²) in [5.74, 6) is -4.27. The van der Waals surface area contributed by atoms with Gasteiger partial charge < -0.3 is 16.6 Å². The van der Waals surface area contributed by atoms with E-state index in [0.29, 0.717) is 60.6 Å². The van der Waals surface area contributed by atoms with Gasteiger partial charge in [-0.15, -0.1) is 68.8 Å². The summed E-state index contributed by atoms with van der Waals surface area (Å²) in [6, 6.07) is 20.1. The minimum atomic E-state index is -5.20. The summed E-state index contributed by atoms with van der Waals surface area (Å²) < 4.78 is 274. The van der Waals surface area contributed by atoms with E-state index in [0.717, 1.165) is 67.2 Å². The van der Waals surface area contributed by atoms with Crippen LogP contribution in [0.25, 0.3) is 16.6 Å². The second-order valence-electron chi connectivity index (χ2n) is 29.0. The van der Waals surface area contributed by atoms with E-state index in [1.54, 1.807) is 65.8 Å². The normalized spacial score (nSPS) is 19.8. The third kappa shape index (κ3) is 25.2. The summed E-state index contributed by atoms with van der Waals surface area (Å²) in [5, 5.41) is -0.993. The molecule has 52 heteroatoms. The van der Waals surface area contributed by atoms with E-state index in [2.05, 4.69) is 31.3 Å². The fraction of sp³-hybridized carbons (Fsp3) is 0.493. The van der Waals surface area contributed by atoms with E-state index < -0.39 is 170 Å². The fourth-order valence-corrected chi connectivity index (χ4v) is 27.0. The van der Waals surface area contributed by atoms with E-state index in [9.17, 15) is 129 Å². The minimum absolute atomic E-state index is 0.000918. The van der Waals surface area contributed by atoms with Gasteiger partial charge in [-0.05, 0) is 153 Å².